The summed E-state index contributed by atoms with van der Waals surface area (Å²) in [5.74, 6) is 0.886. The molecule has 0 spiro atoms. The van der Waals surface area contributed by atoms with Gasteiger partial charge < -0.3 is 19.5 Å². The summed E-state index contributed by atoms with van der Waals surface area (Å²) in [6, 6.07) is 7.81. The lowest BCUT2D eigenvalue weighted by molar-refractivity contribution is 0.0717. The van der Waals surface area contributed by atoms with Crippen molar-refractivity contribution in [2.24, 2.45) is 0 Å². The minimum atomic E-state index is 0.646. The molecule has 5 heteroatoms. The van der Waals surface area contributed by atoms with Gasteiger partial charge in [-0.3, -0.25) is 0 Å². The third kappa shape index (κ3) is 7.66. The average molecular weight is 318 g/mol. The number of methoxy groups -OCH3 is 1. The highest BCUT2D eigenvalue weighted by Gasteiger charge is 1.93. The zero-order valence-corrected chi connectivity index (χ0v) is 12.2. The summed E-state index contributed by atoms with van der Waals surface area (Å²) in [6.07, 6.45) is 0. The van der Waals surface area contributed by atoms with E-state index in [1.54, 1.807) is 7.11 Å². The number of ether oxygens (including phenoxy) is 3. The topological polar surface area (TPSA) is 39.7 Å². The van der Waals surface area contributed by atoms with Gasteiger partial charge in [0.15, 0.2) is 0 Å². The second-order valence-electron chi connectivity index (χ2n) is 3.66. The SMILES string of the molecule is COCCOCCNCCOc1ccc(Br)cc1. The highest BCUT2D eigenvalue weighted by atomic mass is 79.9. The maximum absolute atomic E-state index is 5.56. The third-order valence-corrected chi connectivity index (χ3v) is 2.74. The molecule has 0 aliphatic rings. The maximum Gasteiger partial charge on any atom is 0.119 e. The van der Waals surface area contributed by atoms with Crippen LogP contribution >= 0.6 is 15.9 Å². The molecule has 0 bridgehead atoms. The largest absolute Gasteiger partial charge is 0.492 e. The van der Waals surface area contributed by atoms with Crippen LogP contribution in [0, 0.1) is 0 Å². The number of rotatable bonds is 10. The van der Waals surface area contributed by atoms with Crippen LogP contribution in [0.15, 0.2) is 28.7 Å². The smallest absolute Gasteiger partial charge is 0.119 e. The molecule has 0 unspecified atom stereocenters. The van der Waals surface area contributed by atoms with Crippen molar-refractivity contribution < 1.29 is 14.2 Å². The van der Waals surface area contributed by atoms with Gasteiger partial charge in [-0.25, -0.2) is 0 Å². The van der Waals surface area contributed by atoms with Gasteiger partial charge in [-0.15, -0.1) is 0 Å². The van der Waals surface area contributed by atoms with Gasteiger partial charge >= 0.3 is 0 Å². The van der Waals surface area contributed by atoms with E-state index in [1.165, 1.54) is 0 Å². The van der Waals surface area contributed by atoms with Crippen molar-refractivity contribution in [2.75, 3.05) is 46.6 Å². The fourth-order valence-electron chi connectivity index (χ4n) is 1.29. The van der Waals surface area contributed by atoms with Crippen LogP contribution < -0.4 is 10.1 Å². The van der Waals surface area contributed by atoms with Crippen molar-refractivity contribution in [1.29, 1.82) is 0 Å². The molecule has 0 aliphatic heterocycles. The first-order chi connectivity index (χ1) is 8.83. The zero-order valence-electron chi connectivity index (χ0n) is 10.7. The van der Waals surface area contributed by atoms with E-state index in [9.17, 15) is 0 Å². The number of halogens is 1. The Bertz CT molecular complexity index is 306. The van der Waals surface area contributed by atoms with Crippen LogP contribution in [0.1, 0.15) is 0 Å². The van der Waals surface area contributed by atoms with E-state index in [2.05, 4.69) is 21.2 Å². The monoisotopic (exact) mass is 317 g/mol. The van der Waals surface area contributed by atoms with Crippen LogP contribution in [0.4, 0.5) is 0 Å². The van der Waals surface area contributed by atoms with E-state index < -0.39 is 0 Å². The summed E-state index contributed by atoms with van der Waals surface area (Å²) in [7, 11) is 1.67. The van der Waals surface area contributed by atoms with Gasteiger partial charge in [0.25, 0.3) is 0 Å². The van der Waals surface area contributed by atoms with E-state index in [-0.39, 0.29) is 0 Å². The molecule has 0 aromatic heterocycles. The second kappa shape index (κ2) is 10.3. The number of hydrogen-bond donors (Lipinski definition) is 1. The molecule has 0 radical (unpaired) electrons. The minimum Gasteiger partial charge on any atom is -0.492 e. The van der Waals surface area contributed by atoms with Crippen molar-refractivity contribution in [3.05, 3.63) is 28.7 Å². The lowest BCUT2D eigenvalue weighted by Crippen LogP contribution is -2.25. The lowest BCUT2D eigenvalue weighted by atomic mass is 10.3. The first-order valence-corrected chi connectivity index (χ1v) is 6.78. The molecule has 1 rings (SSSR count). The van der Waals surface area contributed by atoms with E-state index in [1.807, 2.05) is 24.3 Å². The first-order valence-electron chi connectivity index (χ1n) is 5.98. The van der Waals surface area contributed by atoms with Crippen molar-refractivity contribution in [1.82, 2.24) is 5.32 Å². The molecule has 0 aliphatic carbocycles. The van der Waals surface area contributed by atoms with Gasteiger partial charge in [0, 0.05) is 24.7 Å². The van der Waals surface area contributed by atoms with Gasteiger partial charge in [0.2, 0.25) is 0 Å². The number of nitrogens with one attached hydrogen (secondary N) is 1. The highest BCUT2D eigenvalue weighted by Crippen LogP contribution is 2.15. The fourth-order valence-corrected chi connectivity index (χ4v) is 1.55. The van der Waals surface area contributed by atoms with Crippen LogP contribution in [0.25, 0.3) is 0 Å². The van der Waals surface area contributed by atoms with Crippen LogP contribution in [0.3, 0.4) is 0 Å². The molecule has 18 heavy (non-hydrogen) atoms. The van der Waals surface area contributed by atoms with E-state index in [4.69, 9.17) is 14.2 Å². The second-order valence-corrected chi connectivity index (χ2v) is 4.57. The van der Waals surface area contributed by atoms with Gasteiger partial charge in [0.05, 0.1) is 19.8 Å². The summed E-state index contributed by atoms with van der Waals surface area (Å²) in [4.78, 5) is 0. The van der Waals surface area contributed by atoms with Gasteiger partial charge in [0.1, 0.15) is 12.4 Å². The quantitative estimate of drug-likeness (QED) is 0.671. The third-order valence-electron chi connectivity index (χ3n) is 2.22. The van der Waals surface area contributed by atoms with Crippen molar-refractivity contribution >= 4 is 15.9 Å². The van der Waals surface area contributed by atoms with Crippen LogP contribution in [-0.2, 0) is 9.47 Å². The fraction of sp³-hybridized carbons (Fsp3) is 0.538. The highest BCUT2D eigenvalue weighted by molar-refractivity contribution is 9.10. The summed E-state index contributed by atoms with van der Waals surface area (Å²) in [5.41, 5.74) is 0. The summed E-state index contributed by atoms with van der Waals surface area (Å²) < 4.78 is 16.8. The molecule has 1 N–H and O–H groups in total. The van der Waals surface area contributed by atoms with Gasteiger partial charge in [-0.1, -0.05) is 15.9 Å². The Kier molecular flexibility index (Phi) is 8.85. The Balaban J connectivity index is 1.91. The minimum absolute atomic E-state index is 0.646. The molecule has 0 saturated heterocycles. The molecule has 0 fully saturated rings. The van der Waals surface area contributed by atoms with Crippen LogP contribution in [0.2, 0.25) is 0 Å². The molecule has 4 nitrogen and oxygen atoms in total. The predicted octanol–water partition coefficient (Wildman–Crippen LogP) is 2.08. The first kappa shape index (κ1) is 15.4. The summed E-state index contributed by atoms with van der Waals surface area (Å²) >= 11 is 3.38. The number of benzene rings is 1. The Morgan fingerprint density at radius 3 is 2.44 bits per heavy atom. The van der Waals surface area contributed by atoms with Crippen molar-refractivity contribution in [3.63, 3.8) is 0 Å². The van der Waals surface area contributed by atoms with Gasteiger partial charge in [-0.2, -0.15) is 0 Å². The summed E-state index contributed by atoms with van der Waals surface area (Å²) in [5, 5.41) is 3.24. The Labute approximate surface area is 117 Å². The molecule has 0 saturated carbocycles. The van der Waals surface area contributed by atoms with E-state index in [0.717, 1.165) is 23.3 Å². The Morgan fingerprint density at radius 1 is 1.00 bits per heavy atom. The molecular formula is C13H20BrNO3. The lowest BCUT2D eigenvalue weighted by Gasteiger charge is -2.08. The standard InChI is InChI=1S/C13H20BrNO3/c1-16-10-11-17-8-6-15-7-9-18-13-4-2-12(14)3-5-13/h2-5,15H,6-11H2,1H3. The van der Waals surface area contributed by atoms with Crippen molar-refractivity contribution in [2.45, 2.75) is 0 Å². The molecule has 0 amide bonds. The van der Waals surface area contributed by atoms with E-state index in [0.29, 0.717) is 26.4 Å². The van der Waals surface area contributed by atoms with Crippen LogP contribution in [-0.4, -0.2) is 46.6 Å². The van der Waals surface area contributed by atoms with Crippen molar-refractivity contribution in [3.8, 4) is 5.75 Å². The number of hydrogen-bond acceptors (Lipinski definition) is 4. The maximum atomic E-state index is 5.56. The average Bonchev–Trinajstić information content (AvgIpc) is 2.39. The normalized spacial score (nSPS) is 10.6. The molecule has 102 valence electrons. The molecule has 1 aromatic rings. The molecule has 0 heterocycles. The van der Waals surface area contributed by atoms with Gasteiger partial charge in [-0.05, 0) is 24.3 Å². The van der Waals surface area contributed by atoms with E-state index >= 15 is 0 Å². The zero-order chi connectivity index (χ0) is 13.1. The van der Waals surface area contributed by atoms with Crippen LogP contribution in [0.5, 0.6) is 5.75 Å². The summed E-state index contributed by atoms with van der Waals surface area (Å²) in [6.45, 7) is 4.28. The Hall–Kier alpha value is -0.620. The Morgan fingerprint density at radius 2 is 1.72 bits per heavy atom. The predicted molar refractivity (Wildman–Crippen MR) is 75.2 cm³/mol. The molecular weight excluding hydrogens is 298 g/mol. The molecule has 0 atom stereocenters. The molecule has 1 aromatic carbocycles.